The molecule has 1 saturated heterocycles. The predicted octanol–water partition coefficient (Wildman–Crippen LogP) is 1.44. The third-order valence-corrected chi connectivity index (χ3v) is 5.21. The Balaban J connectivity index is 1.48. The highest BCUT2D eigenvalue weighted by Gasteiger charge is 2.16. The van der Waals surface area contributed by atoms with Crippen LogP contribution in [0.4, 0.5) is 17.3 Å². The van der Waals surface area contributed by atoms with Crippen LogP contribution in [0.15, 0.2) is 42.7 Å². The van der Waals surface area contributed by atoms with E-state index in [1.807, 2.05) is 17.1 Å². The Kier molecular flexibility index (Phi) is 5.14. The number of pyridine rings is 1. The summed E-state index contributed by atoms with van der Waals surface area (Å²) in [6.45, 7) is 2.89. The van der Waals surface area contributed by atoms with Gasteiger partial charge in [0, 0.05) is 19.2 Å². The third-order valence-electron chi connectivity index (χ3n) is 5.21. The maximum atomic E-state index is 6.12. The van der Waals surface area contributed by atoms with E-state index < -0.39 is 0 Å². The molecule has 1 fully saturated rings. The van der Waals surface area contributed by atoms with Gasteiger partial charge in [0.05, 0.1) is 18.4 Å². The normalized spacial score (nSPS) is 16.4. The molecule has 0 radical (unpaired) electrons. The van der Waals surface area contributed by atoms with Gasteiger partial charge in [-0.3, -0.25) is 4.68 Å². The van der Waals surface area contributed by atoms with Crippen molar-refractivity contribution in [3.05, 3.63) is 65.0 Å². The Morgan fingerprint density at radius 2 is 2.11 bits per heavy atom. The summed E-state index contributed by atoms with van der Waals surface area (Å²) in [4.78, 5) is 4.09. The average molecular weight is 378 g/mol. The second-order valence-electron chi connectivity index (χ2n) is 7.27. The van der Waals surface area contributed by atoms with Crippen LogP contribution < -0.4 is 28.1 Å². The van der Waals surface area contributed by atoms with E-state index in [1.54, 1.807) is 6.07 Å². The topological polar surface area (TPSA) is 133 Å². The molecule has 0 spiro atoms. The molecule has 28 heavy (non-hydrogen) atoms. The van der Waals surface area contributed by atoms with E-state index in [2.05, 4.69) is 45.1 Å². The second kappa shape index (κ2) is 7.87. The molecule has 8 N–H and O–H groups in total. The number of anilines is 3. The van der Waals surface area contributed by atoms with Gasteiger partial charge in [0.15, 0.2) is 5.82 Å². The molecule has 1 unspecified atom stereocenters. The third kappa shape index (κ3) is 3.92. The first-order valence-corrected chi connectivity index (χ1v) is 9.44. The molecule has 0 amide bonds. The number of nitrogens with two attached hydrogens (primary N) is 3. The Hall–Kier alpha value is -3.10. The molecule has 0 aliphatic carbocycles. The summed E-state index contributed by atoms with van der Waals surface area (Å²) >= 11 is 0. The van der Waals surface area contributed by atoms with Crippen molar-refractivity contribution >= 4 is 17.3 Å². The van der Waals surface area contributed by atoms with Crippen molar-refractivity contribution in [1.82, 2.24) is 20.1 Å². The van der Waals surface area contributed by atoms with Crippen molar-refractivity contribution in [3.63, 3.8) is 0 Å². The Morgan fingerprint density at radius 1 is 1.21 bits per heavy atom. The number of aromatic nitrogens is 3. The Morgan fingerprint density at radius 3 is 2.89 bits per heavy atom. The molecule has 8 heteroatoms. The molecule has 4 rings (SSSR count). The standard InChI is InChI=1S/C20H26N8/c21-18-8-17(19(22)20(26-18)27-23)7-14-9-25-28(12-14)11-13-2-1-3-15(6-13)16-4-5-24-10-16/h1-3,6,8-9,12,16,24H,4-5,7,10-11,22-23H2,(H3,21,26,27). The van der Waals surface area contributed by atoms with Gasteiger partial charge < -0.3 is 22.2 Å². The molecule has 146 valence electrons. The monoisotopic (exact) mass is 378 g/mol. The molecule has 1 aliphatic heterocycles. The molecule has 1 atom stereocenters. The highest BCUT2D eigenvalue weighted by Crippen LogP contribution is 2.25. The van der Waals surface area contributed by atoms with Crippen molar-refractivity contribution in [2.45, 2.75) is 25.3 Å². The lowest BCUT2D eigenvalue weighted by atomic mass is 9.97. The van der Waals surface area contributed by atoms with Crippen LogP contribution in [0, 0.1) is 0 Å². The molecule has 1 aromatic carbocycles. The van der Waals surface area contributed by atoms with E-state index in [4.69, 9.17) is 17.3 Å². The molecule has 8 nitrogen and oxygen atoms in total. The van der Waals surface area contributed by atoms with E-state index in [0.29, 0.717) is 29.7 Å². The summed E-state index contributed by atoms with van der Waals surface area (Å²) < 4.78 is 1.95. The number of benzene rings is 1. The highest BCUT2D eigenvalue weighted by atomic mass is 15.3. The van der Waals surface area contributed by atoms with Crippen LogP contribution in [-0.4, -0.2) is 27.9 Å². The molecular formula is C20H26N8. The van der Waals surface area contributed by atoms with E-state index in [1.165, 1.54) is 17.5 Å². The summed E-state index contributed by atoms with van der Waals surface area (Å²) in [5.41, 5.74) is 19.5. The number of nitrogen functional groups attached to an aromatic ring is 3. The maximum Gasteiger partial charge on any atom is 0.165 e. The predicted molar refractivity (Wildman–Crippen MR) is 112 cm³/mol. The number of rotatable bonds is 6. The van der Waals surface area contributed by atoms with Gasteiger partial charge in [-0.25, -0.2) is 10.8 Å². The summed E-state index contributed by atoms with van der Waals surface area (Å²) in [6, 6.07) is 10.6. The SMILES string of the molecule is NNc1nc(N)cc(Cc2cnn(Cc3cccc(C4CCNC4)c3)c2)c1N. The van der Waals surface area contributed by atoms with E-state index in [0.717, 1.165) is 30.8 Å². The summed E-state index contributed by atoms with van der Waals surface area (Å²) in [6.07, 6.45) is 5.71. The second-order valence-corrected chi connectivity index (χ2v) is 7.27. The first-order valence-electron chi connectivity index (χ1n) is 9.44. The van der Waals surface area contributed by atoms with Crippen LogP contribution in [0.1, 0.15) is 34.6 Å². The zero-order valence-electron chi connectivity index (χ0n) is 15.7. The first kappa shape index (κ1) is 18.3. The summed E-state index contributed by atoms with van der Waals surface area (Å²) in [7, 11) is 0. The van der Waals surface area contributed by atoms with Gasteiger partial charge in [0.1, 0.15) is 5.82 Å². The van der Waals surface area contributed by atoms with E-state index >= 15 is 0 Å². The van der Waals surface area contributed by atoms with E-state index in [9.17, 15) is 0 Å². The summed E-state index contributed by atoms with van der Waals surface area (Å²) in [5.74, 6) is 6.84. The van der Waals surface area contributed by atoms with Gasteiger partial charge in [0.2, 0.25) is 0 Å². The van der Waals surface area contributed by atoms with Gasteiger partial charge in [-0.15, -0.1) is 0 Å². The minimum absolute atomic E-state index is 0.378. The molecule has 0 bridgehead atoms. The zero-order valence-corrected chi connectivity index (χ0v) is 15.7. The van der Waals surface area contributed by atoms with Crippen LogP contribution in [-0.2, 0) is 13.0 Å². The fourth-order valence-corrected chi connectivity index (χ4v) is 3.76. The van der Waals surface area contributed by atoms with Crippen LogP contribution in [0.3, 0.4) is 0 Å². The molecule has 0 saturated carbocycles. The van der Waals surface area contributed by atoms with Crippen molar-refractivity contribution in [1.29, 1.82) is 0 Å². The number of hydrazine groups is 1. The molecule has 3 aromatic rings. The van der Waals surface area contributed by atoms with Crippen molar-refractivity contribution < 1.29 is 0 Å². The lowest BCUT2D eigenvalue weighted by Crippen LogP contribution is -2.13. The lowest BCUT2D eigenvalue weighted by molar-refractivity contribution is 0.682. The van der Waals surface area contributed by atoms with Gasteiger partial charge in [-0.05, 0) is 47.2 Å². The fourth-order valence-electron chi connectivity index (χ4n) is 3.76. The van der Waals surface area contributed by atoms with Gasteiger partial charge in [-0.1, -0.05) is 24.3 Å². The lowest BCUT2D eigenvalue weighted by Gasteiger charge is -2.11. The maximum absolute atomic E-state index is 6.12. The van der Waals surface area contributed by atoms with Crippen molar-refractivity contribution in [2.75, 3.05) is 30.0 Å². The minimum Gasteiger partial charge on any atom is -0.395 e. The number of nitrogens with zero attached hydrogens (tertiary/aromatic N) is 3. The van der Waals surface area contributed by atoms with E-state index in [-0.39, 0.29) is 0 Å². The molecule has 2 aromatic heterocycles. The Bertz CT molecular complexity index is 959. The number of nitrogens with one attached hydrogen (secondary N) is 2. The van der Waals surface area contributed by atoms with Gasteiger partial charge >= 0.3 is 0 Å². The average Bonchev–Trinajstić information content (AvgIpc) is 3.37. The number of hydrogen-bond acceptors (Lipinski definition) is 7. The van der Waals surface area contributed by atoms with Crippen molar-refractivity contribution in [3.8, 4) is 0 Å². The molecule has 3 heterocycles. The molecule has 1 aliphatic rings. The largest absolute Gasteiger partial charge is 0.395 e. The van der Waals surface area contributed by atoms with Gasteiger partial charge in [0.25, 0.3) is 0 Å². The summed E-state index contributed by atoms with van der Waals surface area (Å²) in [5, 5.41) is 7.94. The fraction of sp³-hybridized carbons (Fsp3) is 0.300. The number of hydrogen-bond donors (Lipinski definition) is 5. The zero-order chi connectivity index (χ0) is 19.5. The van der Waals surface area contributed by atoms with Gasteiger partial charge in [-0.2, -0.15) is 5.10 Å². The van der Waals surface area contributed by atoms with Crippen LogP contribution >= 0.6 is 0 Å². The van der Waals surface area contributed by atoms with Crippen LogP contribution in [0.2, 0.25) is 0 Å². The molecular weight excluding hydrogens is 352 g/mol. The first-order chi connectivity index (χ1) is 13.6. The Labute approximate surface area is 164 Å². The quantitative estimate of drug-likeness (QED) is 0.324. The van der Waals surface area contributed by atoms with Crippen LogP contribution in [0.5, 0.6) is 0 Å². The minimum atomic E-state index is 0.378. The van der Waals surface area contributed by atoms with Crippen molar-refractivity contribution in [2.24, 2.45) is 5.84 Å². The van der Waals surface area contributed by atoms with Crippen LogP contribution in [0.25, 0.3) is 0 Å². The smallest absolute Gasteiger partial charge is 0.165 e. The highest BCUT2D eigenvalue weighted by molar-refractivity contribution is 5.68.